The SMILES string of the molecule is c1ccc(NCC2c3ccccc3N3C(c4ccccc4)OC23)cc1. The van der Waals surface area contributed by atoms with Gasteiger partial charge < -0.3 is 15.0 Å². The molecule has 3 heteroatoms. The average Bonchev–Trinajstić information content (AvgIpc) is 2.89. The van der Waals surface area contributed by atoms with Crippen LogP contribution in [0.25, 0.3) is 0 Å². The Balaban J connectivity index is 1.41. The zero-order chi connectivity index (χ0) is 16.6. The second kappa shape index (κ2) is 5.94. The van der Waals surface area contributed by atoms with E-state index in [1.807, 2.05) is 12.1 Å². The van der Waals surface area contributed by atoms with E-state index in [1.165, 1.54) is 16.8 Å². The zero-order valence-electron chi connectivity index (χ0n) is 13.9. The molecule has 3 atom stereocenters. The summed E-state index contributed by atoms with van der Waals surface area (Å²) in [5.41, 5.74) is 5.03. The smallest absolute Gasteiger partial charge is 0.161 e. The lowest BCUT2D eigenvalue weighted by Gasteiger charge is -2.47. The fourth-order valence-corrected chi connectivity index (χ4v) is 3.93. The number of ether oxygens (including phenoxy) is 1. The summed E-state index contributed by atoms with van der Waals surface area (Å²) in [5, 5.41) is 3.56. The average molecular weight is 328 g/mol. The van der Waals surface area contributed by atoms with Gasteiger partial charge in [-0.1, -0.05) is 66.7 Å². The number of benzene rings is 3. The molecule has 3 aromatic carbocycles. The molecule has 2 aliphatic heterocycles. The summed E-state index contributed by atoms with van der Waals surface area (Å²) in [5.74, 6) is 0.330. The molecule has 2 heterocycles. The summed E-state index contributed by atoms with van der Waals surface area (Å²) in [6, 6.07) is 29.5. The second-order valence-electron chi connectivity index (χ2n) is 6.61. The maximum absolute atomic E-state index is 6.32. The number of hydrogen-bond acceptors (Lipinski definition) is 3. The molecule has 2 aliphatic rings. The Morgan fingerprint density at radius 1 is 0.800 bits per heavy atom. The predicted molar refractivity (Wildman–Crippen MR) is 101 cm³/mol. The van der Waals surface area contributed by atoms with E-state index in [4.69, 9.17) is 4.74 Å². The van der Waals surface area contributed by atoms with Crippen LogP contribution in [0.2, 0.25) is 0 Å². The van der Waals surface area contributed by atoms with Gasteiger partial charge in [-0.3, -0.25) is 0 Å². The topological polar surface area (TPSA) is 24.5 Å². The summed E-state index contributed by atoms with van der Waals surface area (Å²) in [6.45, 7) is 0.865. The highest BCUT2D eigenvalue weighted by molar-refractivity contribution is 5.64. The summed E-state index contributed by atoms with van der Waals surface area (Å²) < 4.78 is 6.32. The van der Waals surface area contributed by atoms with E-state index in [-0.39, 0.29) is 12.5 Å². The number of fused-ring (bicyclic) bond motifs is 3. The molecule has 0 bridgehead atoms. The molecule has 0 aromatic heterocycles. The van der Waals surface area contributed by atoms with Gasteiger partial charge in [0.25, 0.3) is 0 Å². The minimum atomic E-state index is 0.0223. The predicted octanol–water partition coefficient (Wildman–Crippen LogP) is 4.76. The zero-order valence-corrected chi connectivity index (χ0v) is 13.9. The monoisotopic (exact) mass is 328 g/mol. The first-order valence-electron chi connectivity index (χ1n) is 8.78. The number of anilines is 2. The van der Waals surface area contributed by atoms with Gasteiger partial charge in [-0.2, -0.15) is 0 Å². The lowest BCUT2D eigenvalue weighted by molar-refractivity contribution is -0.124. The van der Waals surface area contributed by atoms with Crippen molar-refractivity contribution in [1.82, 2.24) is 0 Å². The molecule has 0 saturated carbocycles. The largest absolute Gasteiger partial charge is 0.384 e. The maximum atomic E-state index is 6.32. The minimum Gasteiger partial charge on any atom is -0.384 e. The Labute approximate surface area is 147 Å². The third-order valence-electron chi connectivity index (χ3n) is 5.14. The molecule has 25 heavy (non-hydrogen) atoms. The van der Waals surface area contributed by atoms with Crippen molar-refractivity contribution in [1.29, 1.82) is 0 Å². The van der Waals surface area contributed by atoms with Crippen LogP contribution >= 0.6 is 0 Å². The molecule has 0 radical (unpaired) electrons. The van der Waals surface area contributed by atoms with E-state index in [0.29, 0.717) is 5.92 Å². The van der Waals surface area contributed by atoms with Crippen LogP contribution in [-0.2, 0) is 4.74 Å². The molecule has 1 fully saturated rings. The van der Waals surface area contributed by atoms with Crippen LogP contribution in [0.3, 0.4) is 0 Å². The fourth-order valence-electron chi connectivity index (χ4n) is 3.93. The van der Waals surface area contributed by atoms with Crippen molar-refractivity contribution >= 4 is 11.4 Å². The highest BCUT2D eigenvalue weighted by Crippen LogP contribution is 2.53. The normalized spacial score (nSPS) is 23.5. The van der Waals surface area contributed by atoms with E-state index in [9.17, 15) is 0 Å². The Hall–Kier alpha value is -2.78. The van der Waals surface area contributed by atoms with Crippen molar-refractivity contribution in [3.8, 4) is 0 Å². The van der Waals surface area contributed by atoms with Crippen LogP contribution in [0.4, 0.5) is 11.4 Å². The van der Waals surface area contributed by atoms with Crippen LogP contribution < -0.4 is 10.2 Å². The Morgan fingerprint density at radius 2 is 1.48 bits per heavy atom. The lowest BCUT2D eigenvalue weighted by Crippen LogP contribution is -2.53. The number of nitrogens with zero attached hydrogens (tertiary/aromatic N) is 1. The van der Waals surface area contributed by atoms with Gasteiger partial charge in [-0.15, -0.1) is 0 Å². The number of hydrogen-bond donors (Lipinski definition) is 1. The molecule has 124 valence electrons. The van der Waals surface area contributed by atoms with Crippen LogP contribution in [0.15, 0.2) is 84.9 Å². The van der Waals surface area contributed by atoms with Gasteiger partial charge >= 0.3 is 0 Å². The standard InChI is InChI=1S/C22H20N2O/c1-3-9-16(10-4-1)21-24-20-14-8-7-13-18(20)19(22(24)25-21)15-23-17-11-5-2-6-12-17/h1-14,19,21-23H,15H2. The molecule has 3 aromatic rings. The molecule has 0 amide bonds. The molecule has 3 unspecified atom stereocenters. The van der Waals surface area contributed by atoms with E-state index in [2.05, 4.69) is 83.0 Å². The Morgan fingerprint density at radius 3 is 2.28 bits per heavy atom. The Kier molecular flexibility index (Phi) is 3.46. The van der Waals surface area contributed by atoms with Crippen LogP contribution in [0.1, 0.15) is 23.3 Å². The van der Waals surface area contributed by atoms with E-state index in [1.54, 1.807) is 0 Å². The molecular weight excluding hydrogens is 308 g/mol. The second-order valence-corrected chi connectivity index (χ2v) is 6.61. The number of para-hydroxylation sites is 2. The molecule has 3 nitrogen and oxygen atoms in total. The summed E-state index contributed by atoms with van der Waals surface area (Å²) in [7, 11) is 0. The fraction of sp³-hybridized carbons (Fsp3) is 0.182. The van der Waals surface area contributed by atoms with Gasteiger partial charge in [0.1, 0.15) is 6.23 Å². The molecule has 1 saturated heterocycles. The van der Waals surface area contributed by atoms with Gasteiger partial charge in [0.05, 0.1) is 0 Å². The number of nitrogens with one attached hydrogen (secondary N) is 1. The first-order valence-corrected chi connectivity index (χ1v) is 8.78. The third kappa shape index (κ3) is 2.39. The highest BCUT2D eigenvalue weighted by Gasteiger charge is 2.51. The Bertz CT molecular complexity index is 865. The van der Waals surface area contributed by atoms with Gasteiger partial charge in [0.15, 0.2) is 6.23 Å². The minimum absolute atomic E-state index is 0.0223. The first kappa shape index (κ1) is 14.6. The lowest BCUT2D eigenvalue weighted by atomic mass is 9.99. The van der Waals surface area contributed by atoms with E-state index < -0.39 is 0 Å². The van der Waals surface area contributed by atoms with Gasteiger partial charge in [0.2, 0.25) is 0 Å². The van der Waals surface area contributed by atoms with Crippen molar-refractivity contribution in [2.24, 2.45) is 0 Å². The summed E-state index contributed by atoms with van der Waals surface area (Å²) in [4.78, 5) is 2.42. The van der Waals surface area contributed by atoms with Crippen molar-refractivity contribution < 1.29 is 4.74 Å². The molecule has 0 aliphatic carbocycles. The quantitative estimate of drug-likeness (QED) is 0.747. The first-order chi connectivity index (χ1) is 12.4. The van der Waals surface area contributed by atoms with E-state index in [0.717, 1.165) is 12.2 Å². The van der Waals surface area contributed by atoms with Crippen molar-refractivity contribution in [2.75, 3.05) is 16.8 Å². The molecule has 1 N–H and O–H groups in total. The van der Waals surface area contributed by atoms with Crippen LogP contribution in [0, 0.1) is 0 Å². The molecular formula is C22H20N2O. The third-order valence-corrected chi connectivity index (χ3v) is 5.14. The van der Waals surface area contributed by atoms with Gasteiger partial charge in [0, 0.05) is 29.4 Å². The maximum Gasteiger partial charge on any atom is 0.161 e. The van der Waals surface area contributed by atoms with Crippen molar-refractivity contribution in [3.63, 3.8) is 0 Å². The molecule has 5 rings (SSSR count). The van der Waals surface area contributed by atoms with E-state index >= 15 is 0 Å². The van der Waals surface area contributed by atoms with Gasteiger partial charge in [-0.05, 0) is 23.8 Å². The van der Waals surface area contributed by atoms with Crippen molar-refractivity contribution in [3.05, 3.63) is 96.1 Å². The van der Waals surface area contributed by atoms with Crippen LogP contribution in [-0.4, -0.2) is 12.8 Å². The summed E-state index contributed by atoms with van der Waals surface area (Å²) in [6.07, 6.45) is 0.132. The van der Waals surface area contributed by atoms with Crippen LogP contribution in [0.5, 0.6) is 0 Å². The summed E-state index contributed by atoms with van der Waals surface area (Å²) >= 11 is 0. The van der Waals surface area contributed by atoms with Gasteiger partial charge in [-0.25, -0.2) is 0 Å². The number of rotatable bonds is 4. The highest BCUT2D eigenvalue weighted by atomic mass is 16.6. The van der Waals surface area contributed by atoms with Crippen molar-refractivity contribution in [2.45, 2.75) is 18.4 Å². The molecule has 0 spiro atoms.